The number of benzene rings is 1. The number of hydrogen-bond donors (Lipinski definition) is 2. The molecule has 5 nitrogen and oxygen atoms in total. The summed E-state index contributed by atoms with van der Waals surface area (Å²) in [5.74, 6) is 0.385. The van der Waals surface area contributed by atoms with Crippen LogP contribution < -0.4 is 5.32 Å². The smallest absolute Gasteiger partial charge is 0.321 e. The first kappa shape index (κ1) is 13.4. The molecule has 2 N–H and O–H groups in total. The molecule has 0 bridgehead atoms. The molecule has 0 aromatic heterocycles. The third-order valence-electron chi connectivity index (χ3n) is 3.33. The second-order valence-corrected chi connectivity index (χ2v) is 4.99. The summed E-state index contributed by atoms with van der Waals surface area (Å²) in [6.45, 7) is 0.640. The summed E-state index contributed by atoms with van der Waals surface area (Å²) >= 11 is 0. The van der Waals surface area contributed by atoms with Crippen LogP contribution in [0, 0.1) is 17.2 Å². The quantitative estimate of drug-likeness (QED) is 0.868. The number of anilines is 1. The minimum Gasteiger partial charge on any atom is -0.393 e. The predicted molar refractivity (Wildman–Crippen MR) is 71.5 cm³/mol. The number of nitrogens with one attached hydrogen (secondary N) is 1. The third-order valence-corrected chi connectivity index (χ3v) is 3.33. The van der Waals surface area contributed by atoms with Gasteiger partial charge in [-0.1, -0.05) is 6.07 Å². The van der Waals surface area contributed by atoms with Gasteiger partial charge in [0.1, 0.15) is 0 Å². The van der Waals surface area contributed by atoms with E-state index in [1.165, 1.54) is 0 Å². The minimum atomic E-state index is -0.200. The number of rotatable bonds is 3. The van der Waals surface area contributed by atoms with Crippen molar-refractivity contribution in [1.82, 2.24) is 4.90 Å². The number of carbonyl (C=O) groups is 1. The second-order valence-electron chi connectivity index (χ2n) is 4.99. The fraction of sp³-hybridized carbons (Fsp3) is 0.429. The Balaban J connectivity index is 1.87. The molecule has 19 heavy (non-hydrogen) atoms. The number of hydrogen-bond acceptors (Lipinski definition) is 3. The van der Waals surface area contributed by atoms with Gasteiger partial charge in [-0.25, -0.2) is 4.79 Å². The molecule has 2 amide bonds. The van der Waals surface area contributed by atoms with Gasteiger partial charge >= 0.3 is 6.03 Å². The van der Waals surface area contributed by atoms with Crippen LogP contribution in [0.25, 0.3) is 0 Å². The van der Waals surface area contributed by atoms with Crippen molar-refractivity contribution in [3.8, 4) is 6.07 Å². The van der Waals surface area contributed by atoms with E-state index in [9.17, 15) is 9.90 Å². The van der Waals surface area contributed by atoms with E-state index in [-0.39, 0.29) is 12.1 Å². The van der Waals surface area contributed by atoms with Gasteiger partial charge in [-0.2, -0.15) is 5.26 Å². The average Bonchev–Trinajstić information content (AvgIpc) is 2.37. The largest absolute Gasteiger partial charge is 0.393 e. The molecule has 0 radical (unpaired) electrons. The number of amides is 2. The highest BCUT2D eigenvalue weighted by atomic mass is 16.3. The monoisotopic (exact) mass is 259 g/mol. The molecule has 1 aliphatic rings. The van der Waals surface area contributed by atoms with Crippen LogP contribution in [-0.2, 0) is 0 Å². The van der Waals surface area contributed by atoms with E-state index >= 15 is 0 Å². The number of aliphatic hydroxyl groups is 1. The Bertz CT molecular complexity index is 504. The molecule has 100 valence electrons. The molecular weight excluding hydrogens is 242 g/mol. The van der Waals surface area contributed by atoms with Gasteiger partial charge in [0, 0.05) is 19.3 Å². The number of carbonyl (C=O) groups excluding carboxylic acids is 1. The summed E-state index contributed by atoms with van der Waals surface area (Å²) in [5.41, 5.74) is 1.13. The highest BCUT2D eigenvalue weighted by Crippen LogP contribution is 2.27. The summed E-state index contributed by atoms with van der Waals surface area (Å²) < 4.78 is 0. The maximum atomic E-state index is 11.9. The Labute approximate surface area is 112 Å². The van der Waals surface area contributed by atoms with Crippen molar-refractivity contribution in [1.29, 1.82) is 5.26 Å². The first-order valence-electron chi connectivity index (χ1n) is 6.29. The average molecular weight is 259 g/mol. The van der Waals surface area contributed by atoms with Crippen molar-refractivity contribution in [2.75, 3.05) is 18.9 Å². The second kappa shape index (κ2) is 5.72. The third kappa shape index (κ3) is 3.46. The van der Waals surface area contributed by atoms with Gasteiger partial charge in [-0.15, -0.1) is 0 Å². The lowest BCUT2D eigenvalue weighted by Gasteiger charge is -2.34. The van der Waals surface area contributed by atoms with Crippen LogP contribution in [0.2, 0.25) is 0 Å². The molecule has 1 aromatic carbocycles. The van der Waals surface area contributed by atoms with Crippen LogP contribution in [0.3, 0.4) is 0 Å². The number of nitrogens with zero attached hydrogens (tertiary/aromatic N) is 2. The van der Waals surface area contributed by atoms with Gasteiger partial charge in [-0.3, -0.25) is 0 Å². The first-order valence-corrected chi connectivity index (χ1v) is 6.29. The SMILES string of the molecule is CN(CC1CC(O)C1)C(=O)Nc1cccc(C#N)c1. The summed E-state index contributed by atoms with van der Waals surface area (Å²) in [6.07, 6.45) is 1.33. The molecule has 2 rings (SSSR count). The summed E-state index contributed by atoms with van der Waals surface area (Å²) in [6, 6.07) is 8.64. The van der Waals surface area contributed by atoms with Gasteiger partial charge in [0.2, 0.25) is 0 Å². The van der Waals surface area contributed by atoms with Crippen LogP contribution >= 0.6 is 0 Å². The molecule has 0 saturated heterocycles. The molecule has 0 spiro atoms. The van der Waals surface area contributed by atoms with Crippen LogP contribution in [0.4, 0.5) is 10.5 Å². The van der Waals surface area contributed by atoms with Crippen molar-refractivity contribution >= 4 is 11.7 Å². The van der Waals surface area contributed by atoms with E-state index in [1.807, 2.05) is 6.07 Å². The number of nitriles is 1. The Morgan fingerprint density at radius 1 is 1.58 bits per heavy atom. The topological polar surface area (TPSA) is 76.4 Å². The maximum absolute atomic E-state index is 11.9. The van der Waals surface area contributed by atoms with Gasteiger partial charge in [0.15, 0.2) is 0 Å². The van der Waals surface area contributed by atoms with Crippen LogP contribution in [0.1, 0.15) is 18.4 Å². The molecule has 1 saturated carbocycles. The summed E-state index contributed by atoms with van der Waals surface area (Å²) in [7, 11) is 1.73. The predicted octanol–water partition coefficient (Wildman–Crippen LogP) is 1.79. The fourth-order valence-electron chi connectivity index (χ4n) is 2.21. The highest BCUT2D eigenvalue weighted by molar-refractivity contribution is 5.89. The standard InChI is InChI=1S/C14H17N3O2/c1-17(9-11-6-13(18)7-11)14(19)16-12-4-2-3-10(5-12)8-15/h2-5,11,13,18H,6-7,9H2,1H3,(H,16,19). The highest BCUT2D eigenvalue weighted by Gasteiger charge is 2.29. The lowest BCUT2D eigenvalue weighted by Crippen LogP contribution is -2.41. The van der Waals surface area contributed by atoms with Gasteiger partial charge in [0.05, 0.1) is 17.7 Å². The van der Waals surface area contributed by atoms with E-state index in [1.54, 1.807) is 36.2 Å². The normalized spacial score (nSPS) is 21.1. The zero-order valence-electron chi connectivity index (χ0n) is 10.8. The van der Waals surface area contributed by atoms with Crippen LogP contribution in [0.5, 0.6) is 0 Å². The van der Waals surface area contributed by atoms with E-state index in [4.69, 9.17) is 5.26 Å². The first-order chi connectivity index (χ1) is 9.08. The van der Waals surface area contributed by atoms with Crippen molar-refractivity contribution in [2.24, 2.45) is 5.92 Å². The molecule has 5 heteroatoms. The number of aliphatic hydroxyl groups excluding tert-OH is 1. The Morgan fingerprint density at radius 3 is 2.95 bits per heavy atom. The zero-order valence-corrected chi connectivity index (χ0v) is 10.8. The van der Waals surface area contributed by atoms with E-state index in [0.717, 1.165) is 12.8 Å². The van der Waals surface area contributed by atoms with Crippen molar-refractivity contribution < 1.29 is 9.90 Å². The number of urea groups is 1. The van der Waals surface area contributed by atoms with Gasteiger partial charge in [-0.05, 0) is 37.0 Å². The molecule has 0 heterocycles. The van der Waals surface area contributed by atoms with Crippen molar-refractivity contribution in [2.45, 2.75) is 18.9 Å². The Hall–Kier alpha value is -2.06. The molecule has 0 atom stereocenters. The fourth-order valence-corrected chi connectivity index (χ4v) is 2.21. The van der Waals surface area contributed by atoms with Crippen molar-refractivity contribution in [3.63, 3.8) is 0 Å². The molecular formula is C14H17N3O2. The molecule has 1 fully saturated rings. The summed E-state index contributed by atoms with van der Waals surface area (Å²) in [4.78, 5) is 13.5. The van der Waals surface area contributed by atoms with E-state index < -0.39 is 0 Å². The van der Waals surface area contributed by atoms with Crippen molar-refractivity contribution in [3.05, 3.63) is 29.8 Å². The van der Waals surface area contributed by atoms with E-state index in [0.29, 0.717) is 23.7 Å². The summed E-state index contributed by atoms with van der Waals surface area (Å²) in [5, 5.41) is 20.8. The Morgan fingerprint density at radius 2 is 2.32 bits per heavy atom. The Kier molecular flexibility index (Phi) is 4.03. The molecule has 0 unspecified atom stereocenters. The molecule has 1 aromatic rings. The van der Waals surface area contributed by atoms with E-state index in [2.05, 4.69) is 5.32 Å². The van der Waals surface area contributed by atoms with Crippen LogP contribution in [-0.4, -0.2) is 35.7 Å². The minimum absolute atomic E-state index is 0.198. The van der Waals surface area contributed by atoms with Crippen LogP contribution in [0.15, 0.2) is 24.3 Å². The van der Waals surface area contributed by atoms with Gasteiger partial charge < -0.3 is 15.3 Å². The van der Waals surface area contributed by atoms with Gasteiger partial charge in [0.25, 0.3) is 0 Å². The lowest BCUT2D eigenvalue weighted by atomic mass is 9.82. The lowest BCUT2D eigenvalue weighted by molar-refractivity contribution is 0.0332. The zero-order chi connectivity index (χ0) is 13.8. The molecule has 1 aliphatic carbocycles. The maximum Gasteiger partial charge on any atom is 0.321 e. The molecule has 0 aliphatic heterocycles.